The Morgan fingerprint density at radius 2 is 2.20 bits per heavy atom. The Morgan fingerprint density at radius 3 is 2.90 bits per heavy atom. The quantitative estimate of drug-likeness (QED) is 0.688. The summed E-state index contributed by atoms with van der Waals surface area (Å²) < 4.78 is 6.71. The van der Waals surface area contributed by atoms with Gasteiger partial charge in [-0.1, -0.05) is 15.9 Å². The lowest BCUT2D eigenvalue weighted by Crippen LogP contribution is -2.33. The minimum atomic E-state index is -0.431. The standard InChI is InChI=1S/C14H20BrN3O2/c15-10-1-2-12(14(16)19)13(9-10)18-7-8-20-11-3-5-17-6-4-11/h1-2,9,11,17-18H,3-8H2,(H2,16,19). The van der Waals surface area contributed by atoms with Crippen molar-refractivity contribution in [3.8, 4) is 0 Å². The van der Waals surface area contributed by atoms with Crippen LogP contribution in [0, 0.1) is 0 Å². The SMILES string of the molecule is NC(=O)c1ccc(Br)cc1NCCOC1CCNCC1. The monoisotopic (exact) mass is 341 g/mol. The van der Waals surface area contributed by atoms with Gasteiger partial charge in [0.15, 0.2) is 0 Å². The third kappa shape index (κ3) is 4.47. The Bertz CT molecular complexity index is 462. The minimum absolute atomic E-state index is 0.344. The van der Waals surface area contributed by atoms with E-state index in [4.69, 9.17) is 10.5 Å². The Kier molecular flexibility index (Phi) is 5.82. The molecule has 1 saturated heterocycles. The van der Waals surface area contributed by atoms with Gasteiger partial charge in [0.05, 0.1) is 18.3 Å². The number of nitrogens with one attached hydrogen (secondary N) is 2. The van der Waals surface area contributed by atoms with Crippen LogP contribution in [0.15, 0.2) is 22.7 Å². The topological polar surface area (TPSA) is 76.4 Å². The molecule has 1 fully saturated rings. The first-order valence-electron chi connectivity index (χ1n) is 6.82. The smallest absolute Gasteiger partial charge is 0.250 e. The molecule has 0 bridgehead atoms. The number of hydrogen-bond acceptors (Lipinski definition) is 4. The third-order valence-electron chi connectivity index (χ3n) is 3.30. The van der Waals surface area contributed by atoms with Crippen molar-refractivity contribution in [3.63, 3.8) is 0 Å². The molecule has 0 atom stereocenters. The molecule has 1 heterocycles. The molecule has 0 spiro atoms. The lowest BCUT2D eigenvalue weighted by Gasteiger charge is -2.23. The lowest BCUT2D eigenvalue weighted by atomic mass is 10.1. The second-order valence-corrected chi connectivity index (χ2v) is 5.72. The average Bonchev–Trinajstić information content (AvgIpc) is 2.44. The molecule has 0 aliphatic carbocycles. The number of piperidine rings is 1. The molecule has 0 saturated carbocycles. The second-order valence-electron chi connectivity index (χ2n) is 4.80. The number of amides is 1. The number of rotatable bonds is 6. The molecule has 0 aromatic heterocycles. The first-order chi connectivity index (χ1) is 9.66. The van der Waals surface area contributed by atoms with Crippen LogP contribution in [0.1, 0.15) is 23.2 Å². The van der Waals surface area contributed by atoms with Crippen molar-refractivity contribution >= 4 is 27.5 Å². The Labute approximate surface area is 127 Å². The largest absolute Gasteiger partial charge is 0.382 e. The van der Waals surface area contributed by atoms with Gasteiger partial charge in [-0.25, -0.2) is 0 Å². The van der Waals surface area contributed by atoms with Crippen molar-refractivity contribution in [2.24, 2.45) is 5.73 Å². The van der Waals surface area contributed by atoms with Crippen LogP contribution in [0.25, 0.3) is 0 Å². The third-order valence-corrected chi connectivity index (χ3v) is 3.80. The van der Waals surface area contributed by atoms with Gasteiger partial charge in [0, 0.05) is 16.7 Å². The summed E-state index contributed by atoms with van der Waals surface area (Å²) in [5.74, 6) is -0.431. The van der Waals surface area contributed by atoms with E-state index in [0.717, 1.165) is 36.1 Å². The van der Waals surface area contributed by atoms with E-state index < -0.39 is 5.91 Å². The van der Waals surface area contributed by atoms with Crippen LogP contribution in [-0.4, -0.2) is 38.3 Å². The van der Waals surface area contributed by atoms with Crippen molar-refractivity contribution in [1.29, 1.82) is 0 Å². The Hall–Kier alpha value is -1.11. The van der Waals surface area contributed by atoms with Gasteiger partial charge in [0.2, 0.25) is 0 Å². The number of benzene rings is 1. The van der Waals surface area contributed by atoms with E-state index in [0.29, 0.717) is 24.8 Å². The van der Waals surface area contributed by atoms with Crippen LogP contribution in [0.5, 0.6) is 0 Å². The van der Waals surface area contributed by atoms with E-state index in [1.165, 1.54) is 0 Å². The van der Waals surface area contributed by atoms with Crippen molar-refractivity contribution < 1.29 is 9.53 Å². The Morgan fingerprint density at radius 1 is 1.45 bits per heavy atom. The molecule has 0 radical (unpaired) electrons. The predicted molar refractivity (Wildman–Crippen MR) is 83.0 cm³/mol. The number of carbonyl (C=O) groups excluding carboxylic acids is 1. The van der Waals surface area contributed by atoms with Crippen LogP contribution < -0.4 is 16.4 Å². The molecule has 1 aliphatic rings. The maximum Gasteiger partial charge on any atom is 0.250 e. The van der Waals surface area contributed by atoms with Crippen molar-refractivity contribution in [2.75, 3.05) is 31.6 Å². The van der Waals surface area contributed by atoms with Gasteiger partial charge in [0.1, 0.15) is 0 Å². The highest BCUT2D eigenvalue weighted by Gasteiger charge is 2.13. The molecular formula is C14H20BrN3O2. The van der Waals surface area contributed by atoms with Crippen LogP contribution in [0.3, 0.4) is 0 Å². The van der Waals surface area contributed by atoms with Crippen molar-refractivity contribution in [2.45, 2.75) is 18.9 Å². The number of carbonyl (C=O) groups is 1. The highest BCUT2D eigenvalue weighted by Crippen LogP contribution is 2.21. The van der Waals surface area contributed by atoms with Crippen LogP contribution in [0.2, 0.25) is 0 Å². The lowest BCUT2D eigenvalue weighted by molar-refractivity contribution is 0.0394. The average molecular weight is 342 g/mol. The summed E-state index contributed by atoms with van der Waals surface area (Å²) in [5, 5.41) is 6.51. The zero-order valence-electron chi connectivity index (χ0n) is 11.3. The zero-order chi connectivity index (χ0) is 14.4. The molecule has 110 valence electrons. The van der Waals surface area contributed by atoms with Crippen LogP contribution in [-0.2, 0) is 4.74 Å². The van der Waals surface area contributed by atoms with E-state index in [-0.39, 0.29) is 0 Å². The van der Waals surface area contributed by atoms with E-state index in [2.05, 4.69) is 26.6 Å². The second kappa shape index (κ2) is 7.61. The van der Waals surface area contributed by atoms with Crippen LogP contribution in [0.4, 0.5) is 5.69 Å². The summed E-state index contributed by atoms with van der Waals surface area (Å²) in [6.45, 7) is 3.32. The number of ether oxygens (including phenoxy) is 1. The maximum atomic E-state index is 11.3. The zero-order valence-corrected chi connectivity index (χ0v) is 12.9. The fourth-order valence-corrected chi connectivity index (χ4v) is 2.61. The number of hydrogen-bond donors (Lipinski definition) is 3. The summed E-state index contributed by atoms with van der Waals surface area (Å²) in [4.78, 5) is 11.3. The number of primary amides is 1. The first kappa shape index (κ1) is 15.3. The fourth-order valence-electron chi connectivity index (χ4n) is 2.25. The molecule has 20 heavy (non-hydrogen) atoms. The molecule has 1 aromatic rings. The van der Waals surface area contributed by atoms with Gasteiger partial charge < -0.3 is 21.1 Å². The molecule has 2 rings (SSSR count). The number of anilines is 1. The van der Waals surface area contributed by atoms with E-state index >= 15 is 0 Å². The first-order valence-corrected chi connectivity index (χ1v) is 7.61. The fraction of sp³-hybridized carbons (Fsp3) is 0.500. The molecule has 1 aliphatic heterocycles. The van der Waals surface area contributed by atoms with Crippen molar-refractivity contribution in [1.82, 2.24) is 5.32 Å². The molecule has 0 unspecified atom stereocenters. The minimum Gasteiger partial charge on any atom is -0.382 e. The van der Waals surface area contributed by atoms with Gasteiger partial charge in [-0.05, 0) is 44.1 Å². The van der Waals surface area contributed by atoms with E-state index in [1.807, 2.05) is 6.07 Å². The maximum absolute atomic E-state index is 11.3. The van der Waals surface area contributed by atoms with Gasteiger partial charge in [-0.3, -0.25) is 4.79 Å². The van der Waals surface area contributed by atoms with Gasteiger partial charge in [-0.2, -0.15) is 0 Å². The van der Waals surface area contributed by atoms with Gasteiger partial charge in [0.25, 0.3) is 5.91 Å². The highest BCUT2D eigenvalue weighted by atomic mass is 79.9. The number of halogens is 1. The molecule has 5 nitrogen and oxygen atoms in total. The molecule has 6 heteroatoms. The summed E-state index contributed by atoms with van der Waals surface area (Å²) >= 11 is 3.39. The normalized spacial score (nSPS) is 16.1. The molecular weight excluding hydrogens is 322 g/mol. The molecule has 1 aromatic carbocycles. The van der Waals surface area contributed by atoms with Gasteiger partial charge >= 0.3 is 0 Å². The Balaban J connectivity index is 1.81. The van der Waals surface area contributed by atoms with Crippen molar-refractivity contribution in [3.05, 3.63) is 28.2 Å². The highest BCUT2D eigenvalue weighted by molar-refractivity contribution is 9.10. The molecule has 4 N–H and O–H groups in total. The summed E-state index contributed by atoms with van der Waals surface area (Å²) in [6.07, 6.45) is 2.46. The summed E-state index contributed by atoms with van der Waals surface area (Å²) in [5.41, 5.74) is 6.59. The summed E-state index contributed by atoms with van der Waals surface area (Å²) in [6, 6.07) is 5.36. The molecule has 1 amide bonds. The van der Waals surface area contributed by atoms with E-state index in [1.54, 1.807) is 12.1 Å². The number of nitrogens with two attached hydrogens (primary N) is 1. The summed E-state index contributed by atoms with van der Waals surface area (Å²) in [7, 11) is 0. The van der Waals surface area contributed by atoms with E-state index in [9.17, 15) is 4.79 Å². The predicted octanol–water partition coefficient (Wildman–Crippen LogP) is 1.73. The van der Waals surface area contributed by atoms with Crippen LogP contribution >= 0.6 is 15.9 Å². The van der Waals surface area contributed by atoms with Gasteiger partial charge in [-0.15, -0.1) is 0 Å².